The zero-order chi connectivity index (χ0) is 81.4. The minimum absolute atomic E-state index is 0.0623. The van der Waals surface area contributed by atoms with E-state index >= 15 is 0 Å². The number of esters is 4. The van der Waals surface area contributed by atoms with Crippen LogP contribution in [-0.4, -0.2) is 102 Å². The van der Waals surface area contributed by atoms with Crippen molar-refractivity contribution < 1.29 is 76.3 Å². The summed E-state index contributed by atoms with van der Waals surface area (Å²) in [7, 11) is 5.28. The van der Waals surface area contributed by atoms with Crippen molar-refractivity contribution >= 4 is 117 Å². The summed E-state index contributed by atoms with van der Waals surface area (Å²) in [5.74, 6) is 0.256. The molecule has 8 rings (SSSR count). The van der Waals surface area contributed by atoms with Gasteiger partial charge < -0.3 is 37.9 Å². The van der Waals surface area contributed by atoms with Gasteiger partial charge in [-0.25, -0.2) is 19.2 Å². The standard InChI is InChI=1S/4C23H28O4S/c1-4-5-6-7-8-9-10-18-11-12-20(13-17(18)2)27-15-21(24)22-14-19(16-28-22)23(25)26-3;1-4-5-6-7-8-9-10-18-13-20(12-11-17(18)2)27-15-21(24)22-14-19(16-28-22)23(25)26-3;1-4-5-6-7-8-9-10-18-11-12-19(15-17(18)2)27-16-20(24)21-13-14-22(28-21)23(25)26-3;1-4-5-6-7-8-9-10-18-15-19(12-11-17(18)2)27-16-20(24)21-13-14-22(28-21)23(25)26-3/h2*9-14,16H,4-8,15H2,1-3H3;2*9-15H,4-8,16H2,1-3H3. The number of aryl methyl sites for hydroxylation is 4. The number of ether oxygens (including phenoxy) is 8. The number of unbranched alkanes of at least 4 members (excludes halogenated alkanes) is 16. The zero-order valence-corrected chi connectivity index (χ0v) is 70.6. The smallest absolute Gasteiger partial charge is 0.348 e. The first-order valence-corrected chi connectivity index (χ1v) is 42.0. The van der Waals surface area contributed by atoms with Crippen molar-refractivity contribution in [2.45, 2.75) is 184 Å². The van der Waals surface area contributed by atoms with Gasteiger partial charge in [-0.2, -0.15) is 0 Å². The number of hydrogen-bond donors (Lipinski definition) is 0. The van der Waals surface area contributed by atoms with Crippen LogP contribution in [0.4, 0.5) is 0 Å². The monoisotopic (exact) mass is 1600 g/mol. The molecule has 0 bridgehead atoms. The van der Waals surface area contributed by atoms with Gasteiger partial charge in [0.25, 0.3) is 0 Å². The predicted octanol–water partition coefficient (Wildman–Crippen LogP) is 24.4. The highest BCUT2D eigenvalue weighted by Gasteiger charge is 2.20. The number of methoxy groups -OCH3 is 4. The largest absolute Gasteiger partial charge is 0.485 e. The van der Waals surface area contributed by atoms with E-state index < -0.39 is 23.9 Å². The van der Waals surface area contributed by atoms with E-state index in [-0.39, 0.29) is 49.6 Å². The van der Waals surface area contributed by atoms with E-state index in [1.807, 2.05) is 86.6 Å². The first kappa shape index (κ1) is 93.0. The van der Waals surface area contributed by atoms with Gasteiger partial charge in [0, 0.05) is 10.8 Å². The lowest BCUT2D eigenvalue weighted by atomic mass is 10.1. The molecule has 600 valence electrons. The van der Waals surface area contributed by atoms with Crippen LogP contribution >= 0.6 is 45.3 Å². The number of Topliss-reactive ketones (excluding diaryl/α,β-unsaturated/α-hetero) is 4. The Hall–Kier alpha value is -9.60. The van der Waals surface area contributed by atoms with Gasteiger partial charge in [-0.1, -0.05) is 178 Å². The van der Waals surface area contributed by atoms with Crippen LogP contribution in [0.1, 0.15) is 279 Å². The first-order chi connectivity index (χ1) is 54.2. The number of rotatable bonds is 44. The average molecular weight is 1600 g/mol. The molecule has 0 saturated carbocycles. The minimum atomic E-state index is -0.444. The van der Waals surface area contributed by atoms with E-state index in [1.165, 1.54) is 165 Å². The second kappa shape index (κ2) is 53.4. The molecule has 20 heteroatoms. The lowest BCUT2D eigenvalue weighted by Crippen LogP contribution is -2.10. The van der Waals surface area contributed by atoms with Crippen LogP contribution in [0.5, 0.6) is 23.0 Å². The molecule has 0 N–H and O–H groups in total. The summed E-state index contributed by atoms with van der Waals surface area (Å²) in [6.45, 7) is 16.8. The Bertz CT molecular complexity index is 4110. The Kier molecular flexibility index (Phi) is 44.3. The third-order valence-corrected chi connectivity index (χ3v) is 21.8. The number of hydrogen-bond acceptors (Lipinski definition) is 20. The van der Waals surface area contributed by atoms with Crippen molar-refractivity contribution in [2.24, 2.45) is 0 Å². The van der Waals surface area contributed by atoms with Crippen LogP contribution < -0.4 is 18.9 Å². The molecule has 0 unspecified atom stereocenters. The molecule has 0 aliphatic rings. The van der Waals surface area contributed by atoms with Gasteiger partial charge in [0.05, 0.1) is 59.1 Å². The van der Waals surface area contributed by atoms with Gasteiger partial charge in [-0.3, -0.25) is 19.2 Å². The Morgan fingerprint density at radius 3 is 0.884 bits per heavy atom. The maximum atomic E-state index is 12.3. The summed E-state index contributed by atoms with van der Waals surface area (Å²) >= 11 is 4.67. The molecular formula is C92H112O16S4. The van der Waals surface area contributed by atoms with Crippen molar-refractivity contribution in [3.8, 4) is 23.0 Å². The number of thiophene rings is 4. The Morgan fingerprint density at radius 1 is 0.295 bits per heavy atom. The maximum absolute atomic E-state index is 12.3. The lowest BCUT2D eigenvalue weighted by molar-refractivity contribution is 0.0592. The topological polar surface area (TPSA) is 210 Å². The number of ketones is 4. The first-order valence-electron chi connectivity index (χ1n) is 38.6. The summed E-state index contributed by atoms with van der Waals surface area (Å²) in [6, 6.07) is 32.9. The fourth-order valence-electron chi connectivity index (χ4n) is 10.9. The molecule has 0 radical (unpaired) electrons. The lowest BCUT2D eigenvalue weighted by Gasteiger charge is -2.08. The fraction of sp³-hybridized carbons (Fsp3) is 0.391. The third kappa shape index (κ3) is 34.2. The Labute approximate surface area is 679 Å². The third-order valence-electron chi connectivity index (χ3n) is 17.7. The number of allylic oxidation sites excluding steroid dienone is 4. The van der Waals surface area contributed by atoms with Crippen LogP contribution in [0.25, 0.3) is 24.3 Å². The number of benzene rings is 4. The van der Waals surface area contributed by atoms with E-state index in [4.69, 9.17) is 18.9 Å². The SMILES string of the molecule is CCCCCCC=Cc1cc(OCC(=O)c2cc(C(=O)OC)cs2)ccc1C.CCCCCCC=Cc1cc(OCC(=O)c2ccc(C(=O)OC)s2)ccc1C.CCCCCCC=Cc1ccc(OCC(=O)c2cc(C(=O)OC)cs2)cc1C.CCCCCCC=Cc1ccc(OCC(=O)c2ccc(C(=O)OC)s2)cc1C. The van der Waals surface area contributed by atoms with Crippen molar-refractivity contribution in [3.05, 3.63) is 229 Å². The summed E-state index contributed by atoms with van der Waals surface area (Å²) < 4.78 is 41.3. The van der Waals surface area contributed by atoms with Crippen LogP contribution in [0, 0.1) is 27.7 Å². The van der Waals surface area contributed by atoms with Crippen LogP contribution in [0.15, 0.2) is 144 Å². The van der Waals surface area contributed by atoms with E-state index in [2.05, 4.69) is 109 Å². The van der Waals surface area contributed by atoms with Gasteiger partial charge in [-0.05, 0) is 208 Å². The second-order valence-corrected chi connectivity index (χ2v) is 30.6. The number of carbonyl (C=O) groups excluding carboxylic acids is 8. The number of carbonyl (C=O) groups is 8. The molecule has 4 heterocycles. The van der Waals surface area contributed by atoms with Crippen LogP contribution in [-0.2, 0) is 18.9 Å². The summed E-state index contributed by atoms with van der Waals surface area (Å²) in [5.41, 5.74) is 9.86. The molecule has 0 atom stereocenters. The maximum Gasteiger partial charge on any atom is 0.348 e. The summed E-state index contributed by atoms with van der Waals surface area (Å²) in [4.78, 5) is 97.9. The van der Waals surface area contributed by atoms with Gasteiger partial charge in [0.2, 0.25) is 23.1 Å². The molecule has 0 saturated heterocycles. The Balaban J connectivity index is 0.000000267. The fourth-order valence-corrected chi connectivity index (χ4v) is 14.2. The van der Waals surface area contributed by atoms with E-state index in [1.54, 1.807) is 47.2 Å². The molecule has 16 nitrogen and oxygen atoms in total. The zero-order valence-electron chi connectivity index (χ0n) is 67.3. The normalized spacial score (nSPS) is 11.0. The Morgan fingerprint density at radius 2 is 0.580 bits per heavy atom. The van der Waals surface area contributed by atoms with E-state index in [0.717, 1.165) is 81.7 Å². The minimum Gasteiger partial charge on any atom is -0.485 e. The van der Waals surface area contributed by atoms with Crippen molar-refractivity contribution in [1.82, 2.24) is 0 Å². The van der Waals surface area contributed by atoms with E-state index in [9.17, 15) is 38.4 Å². The highest BCUT2D eigenvalue weighted by Crippen LogP contribution is 2.28. The average Bonchev–Trinajstić information content (AvgIpc) is 1.67. The van der Waals surface area contributed by atoms with Crippen molar-refractivity contribution in [2.75, 3.05) is 54.9 Å². The van der Waals surface area contributed by atoms with Gasteiger partial charge in [0.1, 0.15) is 32.8 Å². The second-order valence-electron chi connectivity index (χ2n) is 26.6. The molecule has 4 aromatic carbocycles. The van der Waals surface area contributed by atoms with Crippen LogP contribution in [0.3, 0.4) is 0 Å². The molecular weight excluding hydrogens is 1490 g/mol. The van der Waals surface area contributed by atoms with Crippen molar-refractivity contribution in [1.29, 1.82) is 0 Å². The van der Waals surface area contributed by atoms with Crippen LogP contribution in [0.2, 0.25) is 0 Å². The molecule has 0 fully saturated rings. The summed E-state index contributed by atoms with van der Waals surface area (Å²) in [6.07, 6.45) is 41.9. The highest BCUT2D eigenvalue weighted by molar-refractivity contribution is 7.16. The van der Waals surface area contributed by atoms with E-state index in [0.29, 0.717) is 63.4 Å². The molecule has 4 aromatic heterocycles. The molecule has 0 aliphatic carbocycles. The highest BCUT2D eigenvalue weighted by atomic mass is 32.1. The molecule has 0 spiro atoms. The molecule has 0 aliphatic heterocycles. The molecule has 0 amide bonds. The predicted molar refractivity (Wildman–Crippen MR) is 458 cm³/mol. The molecule has 8 aromatic rings. The quantitative estimate of drug-likeness (QED) is 0.0150. The summed E-state index contributed by atoms with van der Waals surface area (Å²) in [5, 5.41) is 3.24. The van der Waals surface area contributed by atoms with Gasteiger partial charge >= 0.3 is 23.9 Å². The molecule has 112 heavy (non-hydrogen) atoms. The van der Waals surface area contributed by atoms with Gasteiger partial charge in [0.15, 0.2) is 26.4 Å². The van der Waals surface area contributed by atoms with Crippen molar-refractivity contribution in [3.63, 3.8) is 0 Å². The van der Waals surface area contributed by atoms with Gasteiger partial charge in [-0.15, -0.1) is 45.3 Å².